The molecule has 0 radical (unpaired) electrons. The van der Waals surface area contributed by atoms with Crippen LogP contribution in [0.3, 0.4) is 0 Å². The van der Waals surface area contributed by atoms with Crippen molar-refractivity contribution < 1.29 is 13.2 Å². The SMILES string of the molecule is O=C(Nc1nnc(S(=O)(=O)NCc2ccccn2)s1)c1ccccc1Cl. The number of hydrogen-bond acceptors (Lipinski definition) is 7. The van der Waals surface area contributed by atoms with E-state index in [0.29, 0.717) is 5.69 Å². The molecule has 0 aliphatic carbocycles. The lowest BCUT2D eigenvalue weighted by molar-refractivity contribution is 0.102. The van der Waals surface area contributed by atoms with Crippen molar-refractivity contribution in [2.45, 2.75) is 10.9 Å². The smallest absolute Gasteiger partial charge is 0.270 e. The summed E-state index contributed by atoms with van der Waals surface area (Å²) in [5.74, 6) is -0.503. The second kappa shape index (κ2) is 7.87. The molecule has 0 unspecified atom stereocenters. The van der Waals surface area contributed by atoms with Crippen LogP contribution in [0.2, 0.25) is 5.02 Å². The van der Waals surface area contributed by atoms with Crippen molar-refractivity contribution >= 4 is 44.0 Å². The third kappa shape index (κ3) is 4.41. The van der Waals surface area contributed by atoms with Crippen molar-refractivity contribution in [2.24, 2.45) is 0 Å². The van der Waals surface area contributed by atoms with E-state index in [1.807, 2.05) is 0 Å². The van der Waals surface area contributed by atoms with E-state index in [-0.39, 0.29) is 26.6 Å². The summed E-state index contributed by atoms with van der Waals surface area (Å²) in [4.78, 5) is 16.2. The summed E-state index contributed by atoms with van der Waals surface area (Å²) in [6.07, 6.45) is 1.57. The average molecular weight is 410 g/mol. The highest BCUT2D eigenvalue weighted by atomic mass is 35.5. The number of pyridine rings is 1. The molecule has 1 aromatic carbocycles. The van der Waals surface area contributed by atoms with Crippen molar-refractivity contribution in [2.75, 3.05) is 5.32 Å². The van der Waals surface area contributed by atoms with Gasteiger partial charge in [0.05, 0.1) is 22.8 Å². The van der Waals surface area contributed by atoms with Gasteiger partial charge in [-0.1, -0.05) is 41.1 Å². The number of carbonyl (C=O) groups excluding carboxylic acids is 1. The molecule has 0 atom stereocenters. The third-order valence-electron chi connectivity index (χ3n) is 3.14. The van der Waals surface area contributed by atoms with Crippen LogP contribution in [0.1, 0.15) is 16.1 Å². The zero-order chi connectivity index (χ0) is 18.6. The molecule has 8 nitrogen and oxygen atoms in total. The van der Waals surface area contributed by atoms with Gasteiger partial charge in [0, 0.05) is 6.20 Å². The van der Waals surface area contributed by atoms with Gasteiger partial charge < -0.3 is 0 Å². The van der Waals surface area contributed by atoms with Crippen molar-refractivity contribution in [3.05, 3.63) is 64.9 Å². The van der Waals surface area contributed by atoms with E-state index in [2.05, 4.69) is 25.2 Å². The van der Waals surface area contributed by atoms with Crippen molar-refractivity contribution in [3.63, 3.8) is 0 Å². The quantitative estimate of drug-likeness (QED) is 0.604. The molecule has 26 heavy (non-hydrogen) atoms. The van der Waals surface area contributed by atoms with Crippen LogP contribution in [-0.2, 0) is 16.6 Å². The number of halogens is 1. The fourth-order valence-electron chi connectivity index (χ4n) is 1.91. The van der Waals surface area contributed by atoms with Crippen LogP contribution in [0.5, 0.6) is 0 Å². The minimum Gasteiger partial charge on any atom is -0.296 e. The lowest BCUT2D eigenvalue weighted by atomic mass is 10.2. The lowest BCUT2D eigenvalue weighted by Crippen LogP contribution is -2.23. The van der Waals surface area contributed by atoms with Crippen molar-refractivity contribution in [1.29, 1.82) is 0 Å². The first-order valence-corrected chi connectivity index (χ1v) is 9.92. The van der Waals surface area contributed by atoms with Gasteiger partial charge in [-0.2, -0.15) is 0 Å². The van der Waals surface area contributed by atoms with Crippen LogP contribution >= 0.6 is 22.9 Å². The Labute approximate surface area is 158 Å². The van der Waals surface area contributed by atoms with E-state index in [1.165, 1.54) is 0 Å². The van der Waals surface area contributed by atoms with E-state index >= 15 is 0 Å². The van der Waals surface area contributed by atoms with Gasteiger partial charge >= 0.3 is 0 Å². The van der Waals surface area contributed by atoms with Crippen LogP contribution in [0, 0.1) is 0 Å². The highest BCUT2D eigenvalue weighted by molar-refractivity contribution is 7.91. The fourth-order valence-corrected chi connectivity index (χ4v) is 4.07. The normalized spacial score (nSPS) is 11.3. The van der Waals surface area contributed by atoms with Gasteiger partial charge in [0.25, 0.3) is 15.9 Å². The summed E-state index contributed by atoms with van der Waals surface area (Å²) in [5, 5.41) is 10.1. The number of aromatic nitrogens is 3. The first kappa shape index (κ1) is 18.4. The van der Waals surface area contributed by atoms with Crippen LogP contribution in [0.25, 0.3) is 0 Å². The molecule has 0 bridgehead atoms. The Balaban J connectivity index is 1.69. The van der Waals surface area contributed by atoms with Gasteiger partial charge in [0.2, 0.25) is 9.47 Å². The average Bonchev–Trinajstić information content (AvgIpc) is 3.11. The molecule has 3 rings (SSSR count). The number of sulfonamides is 1. The monoisotopic (exact) mass is 409 g/mol. The molecule has 11 heteroatoms. The molecular weight excluding hydrogens is 398 g/mol. The number of amides is 1. The maximum atomic E-state index is 12.3. The molecule has 2 aromatic heterocycles. The fraction of sp³-hybridized carbons (Fsp3) is 0.0667. The Bertz CT molecular complexity index is 1020. The second-order valence-electron chi connectivity index (χ2n) is 4.95. The molecule has 0 aliphatic heterocycles. The topological polar surface area (TPSA) is 114 Å². The van der Waals surface area contributed by atoms with Gasteiger partial charge in [-0.25, -0.2) is 13.1 Å². The summed E-state index contributed by atoms with van der Waals surface area (Å²) < 4.78 is 26.6. The van der Waals surface area contributed by atoms with Gasteiger partial charge in [0.1, 0.15) is 0 Å². The Morgan fingerprint density at radius 1 is 1.12 bits per heavy atom. The van der Waals surface area contributed by atoms with E-state index in [0.717, 1.165) is 11.3 Å². The summed E-state index contributed by atoms with van der Waals surface area (Å²) in [6.45, 7) is 0.0179. The highest BCUT2D eigenvalue weighted by Crippen LogP contribution is 2.22. The van der Waals surface area contributed by atoms with Crippen LogP contribution < -0.4 is 10.0 Å². The molecule has 0 spiro atoms. The Morgan fingerprint density at radius 3 is 2.62 bits per heavy atom. The molecular formula is C15H12ClN5O3S2. The first-order chi connectivity index (χ1) is 12.5. The molecule has 3 aromatic rings. The molecule has 0 saturated heterocycles. The van der Waals surface area contributed by atoms with Gasteiger partial charge in [-0.05, 0) is 24.3 Å². The zero-order valence-corrected chi connectivity index (χ0v) is 15.5. The van der Waals surface area contributed by atoms with Gasteiger partial charge in [-0.3, -0.25) is 15.1 Å². The lowest BCUT2D eigenvalue weighted by Gasteiger charge is -2.03. The van der Waals surface area contributed by atoms with Crippen molar-refractivity contribution in [3.8, 4) is 0 Å². The Hall–Kier alpha value is -2.40. The summed E-state index contributed by atoms with van der Waals surface area (Å²) >= 11 is 6.69. The van der Waals surface area contributed by atoms with Crippen LogP contribution in [-0.4, -0.2) is 29.5 Å². The predicted octanol–water partition coefficient (Wildman–Crippen LogP) is 2.32. The first-order valence-electron chi connectivity index (χ1n) is 7.25. The maximum Gasteiger partial charge on any atom is 0.270 e. The molecule has 0 saturated carbocycles. The van der Waals surface area contributed by atoms with E-state index in [4.69, 9.17) is 11.6 Å². The van der Waals surface area contributed by atoms with E-state index < -0.39 is 15.9 Å². The number of hydrogen-bond donors (Lipinski definition) is 2. The van der Waals surface area contributed by atoms with Crippen LogP contribution in [0.4, 0.5) is 5.13 Å². The zero-order valence-electron chi connectivity index (χ0n) is 13.1. The molecule has 1 amide bonds. The summed E-state index contributed by atoms with van der Waals surface area (Å²) in [6, 6.07) is 11.7. The number of nitrogens with one attached hydrogen (secondary N) is 2. The molecule has 134 valence electrons. The Kier molecular flexibility index (Phi) is 5.57. The van der Waals surface area contributed by atoms with Crippen molar-refractivity contribution in [1.82, 2.24) is 19.9 Å². The van der Waals surface area contributed by atoms with Gasteiger partial charge in [-0.15, -0.1) is 10.2 Å². The minimum absolute atomic E-state index is 0.0179. The summed E-state index contributed by atoms with van der Waals surface area (Å²) in [5.41, 5.74) is 0.815. The van der Waals surface area contributed by atoms with E-state index in [9.17, 15) is 13.2 Å². The number of anilines is 1. The van der Waals surface area contributed by atoms with Gasteiger partial charge in [0.15, 0.2) is 0 Å². The molecule has 2 heterocycles. The molecule has 0 aliphatic rings. The van der Waals surface area contributed by atoms with Crippen LogP contribution in [0.15, 0.2) is 53.0 Å². The minimum atomic E-state index is -3.87. The molecule has 2 N–H and O–H groups in total. The predicted molar refractivity (Wildman–Crippen MR) is 97.6 cm³/mol. The standard InChI is InChI=1S/C15H12ClN5O3S2/c16-12-7-2-1-6-11(12)13(22)19-14-20-21-15(25-14)26(23,24)18-9-10-5-3-4-8-17-10/h1-8,18H,9H2,(H,19,20,22). The highest BCUT2D eigenvalue weighted by Gasteiger charge is 2.21. The number of nitrogens with zero attached hydrogens (tertiary/aromatic N) is 3. The second-order valence-corrected chi connectivity index (χ2v) is 8.28. The third-order valence-corrected chi connectivity index (χ3v) is 6.08. The number of carbonyl (C=O) groups is 1. The Morgan fingerprint density at radius 2 is 1.88 bits per heavy atom. The number of benzene rings is 1. The largest absolute Gasteiger partial charge is 0.296 e. The van der Waals surface area contributed by atoms with E-state index in [1.54, 1.807) is 48.7 Å². The maximum absolute atomic E-state index is 12.3. The number of rotatable bonds is 6. The molecule has 0 fully saturated rings. The summed E-state index contributed by atoms with van der Waals surface area (Å²) in [7, 11) is -3.87.